The molecule has 3 aromatic rings. The summed E-state index contributed by atoms with van der Waals surface area (Å²) in [5, 5.41) is 4.39. The molecule has 4 atom stereocenters. The smallest absolute Gasteiger partial charge is 0.366 e. The van der Waals surface area contributed by atoms with Crippen molar-refractivity contribution in [1.29, 1.82) is 0 Å². The van der Waals surface area contributed by atoms with Crippen LogP contribution in [-0.2, 0) is 40.9 Å². The Hall–Kier alpha value is -3.21. The van der Waals surface area contributed by atoms with Gasteiger partial charge in [0.1, 0.15) is 41.4 Å². The Morgan fingerprint density at radius 1 is 1.02 bits per heavy atom. The zero-order chi connectivity index (χ0) is 36.6. The van der Waals surface area contributed by atoms with Crippen molar-refractivity contribution in [3.8, 4) is 5.75 Å². The third-order valence-corrected chi connectivity index (χ3v) is 9.63. The van der Waals surface area contributed by atoms with Crippen molar-refractivity contribution in [1.82, 2.24) is 10.0 Å². The van der Waals surface area contributed by atoms with Gasteiger partial charge in [-0.3, -0.25) is 14.9 Å². The fraction of sp³-hybridized carbons (Fsp3) is 0.457. The van der Waals surface area contributed by atoms with Crippen LogP contribution >= 0.6 is 11.8 Å². The molecule has 50 heavy (non-hydrogen) atoms. The van der Waals surface area contributed by atoms with Crippen LogP contribution in [-0.4, -0.2) is 64.3 Å². The standard InChI is InChI=1S/C35H40F4N2O7S2/c1-34(2,3)48-29(43)19-27(28(42)20-46-32-30(38)24(36)18-25(37)31(32)39)41-50(45)33(44)26(14-17-49-4)40-35(15-7-8-16-47-35)23-13-9-11-21-10-5-6-12-22(21)23/h5-6,9-13,18,26-27,40-41H,7-8,14-17,19-20H2,1-4H3/t26-,27-,35?,50?/m0/s1. The molecule has 0 amide bonds. The SMILES string of the molecule is CSCC[C@H](NC1(c2cccc3ccccc23)CCCCO1)C(=O)[S+]([O-])N[C@@H](CC(=O)OC(C)(C)C)C(=O)COc1c(F)c(F)cc(F)c1F. The molecule has 1 aliphatic rings. The first kappa shape index (κ1) is 39.6. The van der Waals surface area contributed by atoms with E-state index in [4.69, 9.17) is 14.2 Å². The second kappa shape index (κ2) is 17.3. The monoisotopic (exact) mass is 740 g/mol. The first-order valence-corrected chi connectivity index (χ1v) is 18.5. The molecule has 1 heterocycles. The van der Waals surface area contributed by atoms with E-state index in [2.05, 4.69) is 10.0 Å². The minimum atomic E-state index is -2.63. The third kappa shape index (κ3) is 9.98. The summed E-state index contributed by atoms with van der Waals surface area (Å²) in [5.74, 6) is -10.3. The van der Waals surface area contributed by atoms with E-state index >= 15 is 0 Å². The van der Waals surface area contributed by atoms with Gasteiger partial charge in [0.05, 0.1) is 6.42 Å². The molecule has 1 saturated heterocycles. The lowest BCUT2D eigenvalue weighted by molar-refractivity contribution is -0.156. The summed E-state index contributed by atoms with van der Waals surface area (Å²) < 4.78 is 88.4. The predicted octanol–water partition coefficient (Wildman–Crippen LogP) is 5.99. The number of esters is 1. The molecule has 15 heteroatoms. The number of rotatable bonds is 15. The van der Waals surface area contributed by atoms with Gasteiger partial charge in [0.2, 0.25) is 11.6 Å². The zero-order valence-electron chi connectivity index (χ0n) is 28.1. The van der Waals surface area contributed by atoms with Crippen molar-refractivity contribution in [3.05, 3.63) is 77.4 Å². The van der Waals surface area contributed by atoms with E-state index in [-0.39, 0.29) is 12.5 Å². The van der Waals surface area contributed by atoms with Crippen molar-refractivity contribution in [2.45, 2.75) is 76.3 Å². The highest BCUT2D eigenvalue weighted by atomic mass is 32.2. The summed E-state index contributed by atoms with van der Waals surface area (Å²) in [7, 11) is 0. The molecule has 2 N–H and O–H groups in total. The fourth-order valence-electron chi connectivity index (χ4n) is 5.55. The van der Waals surface area contributed by atoms with Crippen molar-refractivity contribution >= 4 is 50.8 Å². The number of fused-ring (bicyclic) bond motifs is 1. The van der Waals surface area contributed by atoms with Crippen LogP contribution in [0.25, 0.3) is 10.8 Å². The highest BCUT2D eigenvalue weighted by Gasteiger charge is 2.44. The molecular weight excluding hydrogens is 701 g/mol. The summed E-state index contributed by atoms with van der Waals surface area (Å²) >= 11 is -1.17. The van der Waals surface area contributed by atoms with E-state index in [9.17, 15) is 36.5 Å². The summed E-state index contributed by atoms with van der Waals surface area (Å²) in [6, 6.07) is 10.7. The molecule has 0 saturated carbocycles. The number of benzene rings is 3. The third-order valence-electron chi connectivity index (χ3n) is 7.84. The lowest BCUT2D eigenvalue weighted by Crippen LogP contribution is -2.57. The normalized spacial score (nSPS) is 18.3. The quantitative estimate of drug-likeness (QED) is 0.0831. The lowest BCUT2D eigenvalue weighted by atomic mass is 9.89. The van der Waals surface area contributed by atoms with Gasteiger partial charge >= 0.3 is 11.1 Å². The first-order chi connectivity index (χ1) is 23.7. The van der Waals surface area contributed by atoms with Crippen molar-refractivity contribution < 1.29 is 50.7 Å². The molecule has 4 rings (SSSR count). The average Bonchev–Trinajstić information content (AvgIpc) is 3.07. The molecule has 0 aliphatic carbocycles. The summed E-state index contributed by atoms with van der Waals surface area (Å²) in [6.45, 7) is 3.93. The number of carbonyl (C=O) groups excluding carboxylic acids is 3. The van der Waals surface area contributed by atoms with Gasteiger partial charge in [0.25, 0.3) is 0 Å². The molecule has 272 valence electrons. The maximum absolute atomic E-state index is 14.2. The van der Waals surface area contributed by atoms with E-state index in [1.54, 1.807) is 20.8 Å². The maximum Gasteiger partial charge on any atom is 0.366 e. The summed E-state index contributed by atoms with van der Waals surface area (Å²) in [6.07, 6.45) is 3.41. The average molecular weight is 741 g/mol. The van der Waals surface area contributed by atoms with Crippen LogP contribution in [0.5, 0.6) is 5.75 Å². The Balaban J connectivity index is 1.60. The molecule has 9 nitrogen and oxygen atoms in total. The summed E-state index contributed by atoms with van der Waals surface area (Å²) in [4.78, 5) is 40.0. The number of nitrogens with one attached hydrogen (secondary N) is 2. The van der Waals surface area contributed by atoms with Gasteiger partial charge < -0.3 is 18.8 Å². The van der Waals surface area contributed by atoms with Gasteiger partial charge in [-0.05, 0) is 69.2 Å². The topological polar surface area (TPSA) is 126 Å². The molecule has 0 bridgehead atoms. The number of Topliss-reactive ketones (excluding diaryl/α,β-unsaturated/α-hetero) is 1. The molecule has 0 radical (unpaired) electrons. The minimum Gasteiger partial charge on any atom is -0.591 e. The molecule has 1 fully saturated rings. The van der Waals surface area contributed by atoms with Crippen LogP contribution in [0, 0.1) is 23.3 Å². The van der Waals surface area contributed by atoms with Gasteiger partial charge in [-0.25, -0.2) is 13.6 Å². The number of carbonyl (C=O) groups is 3. The van der Waals surface area contributed by atoms with Gasteiger partial charge in [0.15, 0.2) is 23.2 Å². The predicted molar refractivity (Wildman–Crippen MR) is 183 cm³/mol. The Bertz CT molecular complexity index is 1650. The number of ether oxygens (including phenoxy) is 3. The molecule has 3 aromatic carbocycles. The van der Waals surface area contributed by atoms with E-state index in [1.165, 1.54) is 11.8 Å². The Morgan fingerprint density at radius 2 is 1.70 bits per heavy atom. The zero-order valence-corrected chi connectivity index (χ0v) is 29.7. The highest BCUT2D eigenvalue weighted by molar-refractivity contribution is 8.04. The largest absolute Gasteiger partial charge is 0.591 e. The van der Waals surface area contributed by atoms with Crippen molar-refractivity contribution in [2.24, 2.45) is 0 Å². The maximum atomic E-state index is 14.2. The van der Waals surface area contributed by atoms with E-state index < -0.39 is 93.7 Å². The van der Waals surface area contributed by atoms with Crippen LogP contribution < -0.4 is 14.8 Å². The minimum absolute atomic E-state index is 0.0226. The molecular formula is C35H40F4N2O7S2. The van der Waals surface area contributed by atoms with Gasteiger partial charge in [-0.1, -0.05) is 42.5 Å². The van der Waals surface area contributed by atoms with Crippen LogP contribution in [0.1, 0.15) is 58.4 Å². The number of halogens is 4. The van der Waals surface area contributed by atoms with Crippen LogP contribution in [0.4, 0.5) is 17.6 Å². The lowest BCUT2D eigenvalue weighted by Gasteiger charge is -2.41. The van der Waals surface area contributed by atoms with Crippen LogP contribution in [0.2, 0.25) is 0 Å². The number of thioether (sulfide) groups is 1. The van der Waals surface area contributed by atoms with E-state index in [0.29, 0.717) is 18.8 Å². The second-order valence-electron chi connectivity index (χ2n) is 12.7. The molecule has 0 spiro atoms. The first-order valence-electron chi connectivity index (χ1n) is 16.0. The van der Waals surface area contributed by atoms with Crippen molar-refractivity contribution in [3.63, 3.8) is 0 Å². The van der Waals surface area contributed by atoms with Gasteiger partial charge in [-0.2, -0.15) is 20.5 Å². The van der Waals surface area contributed by atoms with E-state index in [0.717, 1.165) is 29.2 Å². The Morgan fingerprint density at radius 3 is 2.34 bits per heavy atom. The Labute approximate surface area is 295 Å². The number of hydrogen-bond acceptors (Lipinski definition) is 10. The second-order valence-corrected chi connectivity index (χ2v) is 14.9. The molecule has 1 aliphatic heterocycles. The van der Waals surface area contributed by atoms with Crippen molar-refractivity contribution in [2.75, 3.05) is 25.2 Å². The number of ketones is 1. The Kier molecular flexibility index (Phi) is 13.7. The fourth-order valence-corrected chi connectivity index (χ4v) is 7.05. The van der Waals surface area contributed by atoms with Crippen LogP contribution in [0.3, 0.4) is 0 Å². The van der Waals surface area contributed by atoms with E-state index in [1.807, 2.05) is 48.7 Å². The van der Waals surface area contributed by atoms with Gasteiger partial charge in [0, 0.05) is 18.2 Å². The molecule has 0 aromatic heterocycles. The number of hydrogen-bond donors (Lipinski definition) is 2. The van der Waals surface area contributed by atoms with Gasteiger partial charge in [-0.15, -0.1) is 4.72 Å². The highest BCUT2D eigenvalue weighted by Crippen LogP contribution is 2.38. The van der Waals surface area contributed by atoms with Crippen LogP contribution in [0.15, 0.2) is 48.5 Å². The summed E-state index contributed by atoms with van der Waals surface area (Å²) in [5.41, 5.74) is -1.29. The molecule has 2 unspecified atom stereocenters.